The van der Waals surface area contributed by atoms with Gasteiger partial charge in [0, 0.05) is 11.8 Å². The minimum atomic E-state index is -2.90. The van der Waals surface area contributed by atoms with Crippen molar-refractivity contribution in [2.24, 2.45) is 0 Å². The molecule has 1 aromatic heterocycles. The summed E-state index contributed by atoms with van der Waals surface area (Å²) in [7, 11) is 3.02. The molecule has 0 aliphatic heterocycles. The van der Waals surface area contributed by atoms with Crippen LogP contribution in [0.1, 0.15) is 23.1 Å². The predicted molar refractivity (Wildman–Crippen MR) is 105 cm³/mol. The molecule has 10 heteroatoms. The number of anilines is 1. The molecule has 0 saturated heterocycles. The number of halogens is 2. The highest BCUT2D eigenvalue weighted by Crippen LogP contribution is 2.30. The number of nitrogens with zero attached hydrogens (tertiary/aromatic N) is 3. The van der Waals surface area contributed by atoms with Gasteiger partial charge in [-0.1, -0.05) is 12.1 Å². The van der Waals surface area contributed by atoms with Gasteiger partial charge in [0.15, 0.2) is 17.2 Å². The summed E-state index contributed by atoms with van der Waals surface area (Å²) in [6.45, 7) is -1.04. The van der Waals surface area contributed by atoms with Gasteiger partial charge in [-0.2, -0.15) is 8.78 Å². The lowest BCUT2D eigenvalue weighted by Gasteiger charge is -2.11. The second-order valence-electron chi connectivity index (χ2n) is 6.05. The number of hydrogen-bond acceptors (Lipinski definition) is 6. The van der Waals surface area contributed by atoms with E-state index in [9.17, 15) is 13.6 Å². The van der Waals surface area contributed by atoms with Gasteiger partial charge >= 0.3 is 6.61 Å². The highest BCUT2D eigenvalue weighted by Gasteiger charge is 2.20. The van der Waals surface area contributed by atoms with Gasteiger partial charge in [-0.15, -0.1) is 5.10 Å². The van der Waals surface area contributed by atoms with Gasteiger partial charge in [0.05, 0.1) is 25.6 Å². The molecule has 3 rings (SSSR count). The van der Waals surface area contributed by atoms with E-state index in [2.05, 4.69) is 20.4 Å². The van der Waals surface area contributed by atoms with Crippen LogP contribution in [0.2, 0.25) is 0 Å². The molecule has 0 aliphatic rings. The van der Waals surface area contributed by atoms with Gasteiger partial charge in [-0.3, -0.25) is 4.79 Å². The van der Waals surface area contributed by atoms with Crippen molar-refractivity contribution in [1.82, 2.24) is 15.0 Å². The summed E-state index contributed by atoms with van der Waals surface area (Å²) < 4.78 is 40.9. The average Bonchev–Trinajstić information content (AvgIpc) is 3.18. The standard InChI is InChI=1S/C20H20F2N4O4/c1-4-15-18(19(27)23-12-5-10-16(28-2)17(11-12)29-3)24-25-26(15)13-6-8-14(9-7-13)30-20(21)22/h5-11,20H,4H2,1-3H3,(H,23,27). The number of carbonyl (C=O) groups is 1. The van der Waals surface area contributed by atoms with Crippen LogP contribution in [0.3, 0.4) is 0 Å². The van der Waals surface area contributed by atoms with E-state index < -0.39 is 12.5 Å². The van der Waals surface area contributed by atoms with Crippen LogP contribution in [0, 0.1) is 0 Å². The zero-order chi connectivity index (χ0) is 21.7. The fourth-order valence-electron chi connectivity index (χ4n) is 2.88. The number of benzene rings is 2. The molecule has 0 aliphatic carbocycles. The lowest BCUT2D eigenvalue weighted by atomic mass is 10.2. The number of carbonyl (C=O) groups excluding carboxylic acids is 1. The van der Waals surface area contributed by atoms with E-state index in [1.807, 2.05) is 6.92 Å². The minimum Gasteiger partial charge on any atom is -0.493 e. The number of rotatable bonds is 8. The quantitative estimate of drug-likeness (QED) is 0.600. The topological polar surface area (TPSA) is 87.5 Å². The lowest BCUT2D eigenvalue weighted by Crippen LogP contribution is -2.15. The van der Waals surface area contributed by atoms with Crippen molar-refractivity contribution in [3.8, 4) is 22.9 Å². The molecule has 0 radical (unpaired) electrons. The van der Waals surface area contributed by atoms with Crippen LogP contribution >= 0.6 is 0 Å². The van der Waals surface area contributed by atoms with Crippen molar-refractivity contribution in [2.45, 2.75) is 20.0 Å². The van der Waals surface area contributed by atoms with Crippen LogP contribution in [-0.4, -0.2) is 41.7 Å². The molecular formula is C20H20F2N4O4. The Morgan fingerprint density at radius 2 is 1.80 bits per heavy atom. The third-order valence-corrected chi connectivity index (χ3v) is 4.26. The molecule has 158 valence electrons. The van der Waals surface area contributed by atoms with Crippen molar-refractivity contribution >= 4 is 11.6 Å². The molecule has 2 aromatic carbocycles. The zero-order valence-electron chi connectivity index (χ0n) is 16.6. The van der Waals surface area contributed by atoms with E-state index in [1.165, 1.54) is 31.0 Å². The number of aromatic nitrogens is 3. The molecule has 3 aromatic rings. The zero-order valence-corrected chi connectivity index (χ0v) is 16.6. The summed E-state index contributed by atoms with van der Waals surface area (Å²) in [6, 6.07) is 10.9. The maximum atomic E-state index is 12.8. The van der Waals surface area contributed by atoms with Crippen LogP contribution in [0.4, 0.5) is 14.5 Å². The number of amides is 1. The van der Waals surface area contributed by atoms with Crippen LogP contribution < -0.4 is 19.5 Å². The van der Waals surface area contributed by atoms with Crippen molar-refractivity contribution in [2.75, 3.05) is 19.5 Å². The molecule has 8 nitrogen and oxygen atoms in total. The average molecular weight is 418 g/mol. The first-order valence-electron chi connectivity index (χ1n) is 9.00. The highest BCUT2D eigenvalue weighted by molar-refractivity contribution is 6.03. The van der Waals surface area contributed by atoms with E-state index in [0.717, 1.165) is 0 Å². The van der Waals surface area contributed by atoms with Gasteiger partial charge in [-0.05, 0) is 42.8 Å². The molecular weight excluding hydrogens is 398 g/mol. The Morgan fingerprint density at radius 3 is 2.40 bits per heavy atom. The molecule has 0 saturated carbocycles. The summed E-state index contributed by atoms with van der Waals surface area (Å²) in [5.41, 5.74) is 1.78. The fraction of sp³-hybridized carbons (Fsp3) is 0.250. The minimum absolute atomic E-state index is 0.0262. The van der Waals surface area contributed by atoms with Crippen molar-refractivity contribution in [1.29, 1.82) is 0 Å². The number of methoxy groups -OCH3 is 2. The van der Waals surface area contributed by atoms with Crippen LogP contribution in [-0.2, 0) is 6.42 Å². The van der Waals surface area contributed by atoms with Crippen molar-refractivity contribution < 1.29 is 27.8 Å². The maximum absolute atomic E-state index is 12.8. The summed E-state index contributed by atoms with van der Waals surface area (Å²) in [5.74, 6) is 0.594. The van der Waals surface area contributed by atoms with Gasteiger partial charge in [0.1, 0.15) is 5.75 Å². The molecule has 0 unspecified atom stereocenters. The van der Waals surface area contributed by atoms with Gasteiger partial charge in [0.25, 0.3) is 5.91 Å². The smallest absolute Gasteiger partial charge is 0.387 e. The summed E-state index contributed by atoms with van der Waals surface area (Å²) in [5, 5.41) is 10.8. The number of nitrogens with one attached hydrogen (secondary N) is 1. The molecule has 0 fully saturated rings. The first-order valence-corrected chi connectivity index (χ1v) is 9.00. The largest absolute Gasteiger partial charge is 0.493 e. The Kier molecular flexibility index (Phi) is 6.45. The van der Waals surface area contributed by atoms with Gasteiger partial charge < -0.3 is 19.5 Å². The Morgan fingerprint density at radius 1 is 1.10 bits per heavy atom. The molecule has 0 bridgehead atoms. The van der Waals surface area contributed by atoms with E-state index in [1.54, 1.807) is 30.3 Å². The number of ether oxygens (including phenoxy) is 3. The SMILES string of the molecule is CCc1c(C(=O)Nc2ccc(OC)c(OC)c2)nnn1-c1ccc(OC(F)F)cc1. The Hall–Kier alpha value is -3.69. The van der Waals surface area contributed by atoms with Crippen molar-refractivity contribution in [3.05, 3.63) is 53.9 Å². The molecule has 1 N–H and O–H groups in total. The van der Waals surface area contributed by atoms with Gasteiger partial charge in [0.2, 0.25) is 0 Å². The van der Waals surface area contributed by atoms with Crippen LogP contribution in [0.15, 0.2) is 42.5 Å². The second kappa shape index (κ2) is 9.21. The highest BCUT2D eigenvalue weighted by atomic mass is 19.3. The summed E-state index contributed by atoms with van der Waals surface area (Å²) in [4.78, 5) is 12.8. The normalized spacial score (nSPS) is 10.7. The van der Waals surface area contributed by atoms with E-state index in [0.29, 0.717) is 35.0 Å². The summed E-state index contributed by atoms with van der Waals surface area (Å²) >= 11 is 0. The Balaban J connectivity index is 1.84. The number of alkyl halides is 2. The Bertz CT molecular complexity index is 1020. The van der Waals surface area contributed by atoms with E-state index in [4.69, 9.17) is 9.47 Å². The molecule has 1 heterocycles. The third kappa shape index (κ3) is 4.48. The fourth-order valence-corrected chi connectivity index (χ4v) is 2.88. The monoisotopic (exact) mass is 418 g/mol. The van der Waals surface area contributed by atoms with Crippen molar-refractivity contribution in [3.63, 3.8) is 0 Å². The number of hydrogen-bond donors (Lipinski definition) is 1. The van der Waals surface area contributed by atoms with Crippen LogP contribution in [0.25, 0.3) is 5.69 Å². The Labute approximate surface area is 171 Å². The second-order valence-corrected chi connectivity index (χ2v) is 6.05. The first-order chi connectivity index (χ1) is 14.5. The molecule has 30 heavy (non-hydrogen) atoms. The molecule has 0 atom stereocenters. The van der Waals surface area contributed by atoms with Gasteiger partial charge in [-0.25, -0.2) is 4.68 Å². The first kappa shape index (κ1) is 21.0. The summed E-state index contributed by atoms with van der Waals surface area (Å²) in [6.07, 6.45) is 0.469. The third-order valence-electron chi connectivity index (χ3n) is 4.26. The molecule has 1 amide bonds. The van der Waals surface area contributed by atoms with Crippen LogP contribution in [0.5, 0.6) is 17.2 Å². The molecule has 0 spiro atoms. The van der Waals surface area contributed by atoms with E-state index >= 15 is 0 Å². The van der Waals surface area contributed by atoms with E-state index in [-0.39, 0.29) is 11.4 Å². The lowest BCUT2D eigenvalue weighted by molar-refractivity contribution is -0.0498. The maximum Gasteiger partial charge on any atom is 0.387 e. The predicted octanol–water partition coefficient (Wildman–Crippen LogP) is 3.70.